The molecule has 0 spiro atoms. The van der Waals surface area contributed by atoms with Gasteiger partial charge in [0.25, 0.3) is 12.3 Å². The third-order valence-corrected chi connectivity index (χ3v) is 6.65. The molecule has 0 aliphatic rings. The summed E-state index contributed by atoms with van der Waals surface area (Å²) >= 11 is 12.7. The molecular weight excluding hydrogens is 629 g/mol. The number of rotatable bonds is 10. The molecule has 2 amide bonds. The Kier molecular flexibility index (Phi) is 10.2. The lowest BCUT2D eigenvalue weighted by molar-refractivity contribution is -0.162. The molecule has 0 aliphatic carbocycles. The van der Waals surface area contributed by atoms with Gasteiger partial charge in [-0.3, -0.25) is 9.59 Å². The van der Waals surface area contributed by atoms with Crippen LogP contribution >= 0.6 is 23.2 Å². The zero-order valence-corrected chi connectivity index (χ0v) is 22.8. The first kappa shape index (κ1) is 33.1. The zero-order valence-electron chi connectivity index (χ0n) is 21.3. The van der Waals surface area contributed by atoms with E-state index in [0.29, 0.717) is 0 Å². The number of imidazole rings is 1. The molecule has 1 aromatic heterocycles. The Bertz CT molecular complexity index is 1480. The predicted molar refractivity (Wildman–Crippen MR) is 136 cm³/mol. The van der Waals surface area contributed by atoms with Crippen LogP contribution < -0.4 is 21.1 Å². The van der Waals surface area contributed by atoms with Crippen LogP contribution in [0, 0.1) is 0 Å². The minimum atomic E-state index is -4.96. The molecule has 1 unspecified atom stereocenters. The molecule has 0 fully saturated rings. The third-order valence-electron chi connectivity index (χ3n) is 5.82. The summed E-state index contributed by atoms with van der Waals surface area (Å²) in [5, 5.41) is 3.81. The summed E-state index contributed by atoms with van der Waals surface area (Å²) in [6.45, 7) is -3.24. The number of benzene rings is 2. The van der Waals surface area contributed by atoms with Gasteiger partial charge in [0.1, 0.15) is 24.7 Å². The lowest BCUT2D eigenvalue weighted by Crippen LogP contribution is -2.49. The second-order valence-electron chi connectivity index (χ2n) is 8.84. The number of halogens is 10. The van der Waals surface area contributed by atoms with Crippen LogP contribution in [0.5, 0.6) is 5.75 Å². The van der Waals surface area contributed by atoms with Crippen molar-refractivity contribution in [3.05, 3.63) is 56.8 Å². The fourth-order valence-electron chi connectivity index (χ4n) is 3.70. The molecule has 3 rings (SSSR count). The van der Waals surface area contributed by atoms with E-state index in [1.54, 1.807) is 5.32 Å². The number of ether oxygens (including phenoxy) is 1. The molecule has 4 N–H and O–H groups in total. The van der Waals surface area contributed by atoms with E-state index in [2.05, 4.69) is 4.98 Å². The highest BCUT2D eigenvalue weighted by Gasteiger charge is 2.42. The van der Waals surface area contributed by atoms with Crippen LogP contribution in [0.25, 0.3) is 11.0 Å². The van der Waals surface area contributed by atoms with Gasteiger partial charge in [-0.2, -0.15) is 26.3 Å². The highest BCUT2D eigenvalue weighted by atomic mass is 35.5. The number of aryl methyl sites for hydroxylation is 1. The van der Waals surface area contributed by atoms with Crippen molar-refractivity contribution in [3.8, 4) is 5.75 Å². The van der Waals surface area contributed by atoms with Crippen molar-refractivity contribution in [3.63, 3.8) is 0 Å². The molecule has 18 heteroatoms. The molecule has 0 aliphatic heterocycles. The molecule has 0 saturated heterocycles. The van der Waals surface area contributed by atoms with Crippen LogP contribution in [0.3, 0.4) is 0 Å². The van der Waals surface area contributed by atoms with Gasteiger partial charge in [0.2, 0.25) is 5.91 Å². The molecule has 0 saturated carbocycles. The number of hydrogen-bond acceptors (Lipinski definition) is 5. The molecular formula is C24H21Cl2F8N5O3. The molecule has 1 heterocycles. The van der Waals surface area contributed by atoms with Gasteiger partial charge in [-0.25, -0.2) is 13.8 Å². The van der Waals surface area contributed by atoms with Gasteiger partial charge >= 0.3 is 12.4 Å². The number of carbonyl (C=O) groups excluding carboxylic acids is 2. The zero-order chi connectivity index (χ0) is 31.6. The summed E-state index contributed by atoms with van der Waals surface area (Å²) in [4.78, 5) is 28.6. The van der Waals surface area contributed by atoms with Crippen molar-refractivity contribution in [2.24, 2.45) is 12.8 Å². The Morgan fingerprint density at radius 3 is 2.36 bits per heavy atom. The topological polar surface area (TPSA) is 111 Å². The molecule has 0 radical (unpaired) electrons. The summed E-state index contributed by atoms with van der Waals surface area (Å²) in [5.41, 5.74) is 5.21. The number of nitrogens with one attached hydrogen (secondary N) is 2. The standard InChI is InChI=1S/C24H21Cl2F8N5O3/c1-39-15-6-16(42-8-17(27)28)12(21(40)37-9-23(29,30)31)4-14(15)38-18(39)5-11-13(25)3-2-10(19(11)26)7-36-22(41)20(35)24(32,33)34/h2-4,6,17,20H,5,7-9,35H2,1H3,(H,36,41)(H,37,40). The number of alkyl halides is 8. The molecule has 230 valence electrons. The van der Waals surface area contributed by atoms with Crippen molar-refractivity contribution >= 4 is 46.0 Å². The molecule has 3 aromatic rings. The first-order chi connectivity index (χ1) is 19.4. The summed E-state index contributed by atoms with van der Waals surface area (Å²) in [5.74, 6) is -2.90. The number of nitrogens with zero attached hydrogens (tertiary/aromatic N) is 2. The lowest BCUT2D eigenvalue weighted by atomic mass is 10.1. The predicted octanol–water partition coefficient (Wildman–Crippen LogP) is 4.91. The van der Waals surface area contributed by atoms with Gasteiger partial charge in [0.15, 0.2) is 6.04 Å². The van der Waals surface area contributed by atoms with E-state index >= 15 is 0 Å². The number of aromatic nitrogens is 2. The third kappa shape index (κ3) is 8.13. The van der Waals surface area contributed by atoms with E-state index in [0.717, 1.165) is 12.1 Å². The SMILES string of the molecule is Cn1c(Cc2c(Cl)ccc(CNC(=O)C(N)C(F)(F)F)c2Cl)nc2cc(C(=O)NCC(F)(F)F)c(OCC(F)F)cc21. The monoisotopic (exact) mass is 649 g/mol. The summed E-state index contributed by atoms with van der Waals surface area (Å²) in [7, 11) is 1.51. The normalized spacial score (nSPS) is 13.0. The quantitative estimate of drug-likeness (QED) is 0.270. The van der Waals surface area contributed by atoms with Crippen LogP contribution in [0.15, 0.2) is 24.3 Å². The Labute approximate surface area is 242 Å². The Hall–Kier alpha value is -3.37. The van der Waals surface area contributed by atoms with E-state index in [9.17, 15) is 44.7 Å². The number of amides is 2. The van der Waals surface area contributed by atoms with Crippen molar-refractivity contribution in [1.29, 1.82) is 0 Å². The maximum absolute atomic E-state index is 12.8. The molecule has 42 heavy (non-hydrogen) atoms. The first-order valence-corrected chi connectivity index (χ1v) is 12.5. The number of carbonyl (C=O) groups is 2. The summed E-state index contributed by atoms with van der Waals surface area (Å²) in [6, 6.07) is 2.25. The number of nitrogens with two attached hydrogens (primary N) is 1. The maximum Gasteiger partial charge on any atom is 0.412 e. The van der Waals surface area contributed by atoms with Crippen LogP contribution in [-0.4, -0.2) is 59.3 Å². The Balaban J connectivity index is 1.95. The smallest absolute Gasteiger partial charge is 0.412 e. The van der Waals surface area contributed by atoms with Crippen LogP contribution in [0.4, 0.5) is 35.1 Å². The summed E-state index contributed by atoms with van der Waals surface area (Å²) in [6.07, 6.45) is -12.7. The number of fused-ring (bicyclic) bond motifs is 1. The molecule has 0 bridgehead atoms. The Morgan fingerprint density at radius 2 is 1.76 bits per heavy atom. The molecule has 8 nitrogen and oxygen atoms in total. The van der Waals surface area contributed by atoms with E-state index in [4.69, 9.17) is 33.7 Å². The number of hydrogen-bond donors (Lipinski definition) is 3. The van der Waals surface area contributed by atoms with Gasteiger partial charge in [-0.05, 0) is 23.3 Å². The molecule has 1 atom stereocenters. The minimum absolute atomic E-state index is 0.0105. The van der Waals surface area contributed by atoms with E-state index in [-0.39, 0.29) is 44.5 Å². The average molecular weight is 650 g/mol. The second-order valence-corrected chi connectivity index (χ2v) is 9.62. The van der Waals surface area contributed by atoms with Crippen molar-refractivity contribution in [2.75, 3.05) is 13.2 Å². The van der Waals surface area contributed by atoms with Crippen molar-refractivity contribution < 1.29 is 49.4 Å². The van der Waals surface area contributed by atoms with Gasteiger partial charge in [0.05, 0.1) is 21.6 Å². The van der Waals surface area contributed by atoms with E-state index < -0.39 is 67.6 Å². The van der Waals surface area contributed by atoms with Gasteiger partial charge in [-0.15, -0.1) is 0 Å². The highest BCUT2D eigenvalue weighted by Crippen LogP contribution is 2.33. The van der Waals surface area contributed by atoms with E-state index in [1.165, 1.54) is 23.7 Å². The van der Waals surface area contributed by atoms with Crippen molar-refractivity contribution in [2.45, 2.75) is 37.8 Å². The minimum Gasteiger partial charge on any atom is -0.487 e. The maximum atomic E-state index is 12.8. The summed E-state index contributed by atoms with van der Waals surface area (Å²) < 4.78 is 108. The fraction of sp³-hybridized carbons (Fsp3) is 0.375. The van der Waals surface area contributed by atoms with Gasteiger partial charge in [0, 0.05) is 31.1 Å². The Morgan fingerprint density at radius 1 is 1.10 bits per heavy atom. The van der Waals surface area contributed by atoms with Gasteiger partial charge in [-0.1, -0.05) is 29.3 Å². The second kappa shape index (κ2) is 12.9. The van der Waals surface area contributed by atoms with E-state index in [1.807, 2.05) is 5.32 Å². The van der Waals surface area contributed by atoms with Crippen molar-refractivity contribution in [1.82, 2.24) is 20.2 Å². The lowest BCUT2D eigenvalue weighted by Gasteiger charge is -2.16. The molecule has 2 aromatic carbocycles. The van der Waals surface area contributed by atoms with Crippen LogP contribution in [0.2, 0.25) is 10.0 Å². The van der Waals surface area contributed by atoms with Crippen LogP contribution in [-0.2, 0) is 24.8 Å². The van der Waals surface area contributed by atoms with Gasteiger partial charge < -0.3 is 25.7 Å². The largest absolute Gasteiger partial charge is 0.487 e. The first-order valence-electron chi connectivity index (χ1n) is 11.7. The fourth-order valence-corrected chi connectivity index (χ4v) is 4.27. The average Bonchev–Trinajstić information content (AvgIpc) is 3.19. The highest BCUT2D eigenvalue weighted by molar-refractivity contribution is 6.36. The van der Waals surface area contributed by atoms with Crippen LogP contribution in [0.1, 0.15) is 27.3 Å².